The van der Waals surface area contributed by atoms with Gasteiger partial charge < -0.3 is 10.6 Å². The molecule has 0 aromatic rings. The maximum Gasteiger partial charge on any atom is 0.0632 e. The highest BCUT2D eigenvalue weighted by Crippen LogP contribution is 2.60. The van der Waals surface area contributed by atoms with Crippen molar-refractivity contribution in [3.8, 4) is 0 Å². The van der Waals surface area contributed by atoms with Gasteiger partial charge in [-0.05, 0) is 129 Å². The van der Waals surface area contributed by atoms with E-state index in [1.807, 2.05) is 0 Å². The first-order valence-corrected chi connectivity index (χ1v) is 16.4. The lowest BCUT2D eigenvalue weighted by atomic mass is 9.60. The molecule has 4 aliphatic carbocycles. The van der Waals surface area contributed by atoms with E-state index < -0.39 is 0 Å². The average molecular weight is 585 g/mol. The molecule has 0 bridgehead atoms. The Balaban J connectivity index is 1.19. The summed E-state index contributed by atoms with van der Waals surface area (Å²) < 4.78 is 0. The first kappa shape index (κ1) is 24.2. The molecule has 16 unspecified atom stereocenters. The number of hydrogen-bond acceptors (Lipinski definition) is 2. The molecule has 2 saturated heterocycles. The third-order valence-corrected chi connectivity index (χ3v) is 14.0. The van der Waals surface area contributed by atoms with Crippen molar-refractivity contribution in [1.29, 1.82) is 0 Å². The largest absolute Gasteiger partial charge is 0.302 e. The molecular weight excluding hydrogens is 536 g/mol. The minimum atomic E-state index is 0.549. The van der Waals surface area contributed by atoms with E-state index in [9.17, 15) is 0 Å². The summed E-state index contributed by atoms with van der Waals surface area (Å²) in [5.41, 5.74) is 0. The van der Waals surface area contributed by atoms with Gasteiger partial charge in [-0.15, -0.1) is 0 Å². The topological polar surface area (TPSA) is 24.1 Å². The fraction of sp³-hybridized carbons (Fsp3) is 1.00. The second-order valence-electron chi connectivity index (χ2n) is 13.8. The molecule has 4 saturated carbocycles. The van der Waals surface area contributed by atoms with Gasteiger partial charge in [0, 0.05) is 12.1 Å². The standard InChI is InChI=1S/C29H48Br2N2/c1-14-9-22-16(3)18-5-7-28(30)32-26(18)12-24(22)20(14)11-21-15(2)10-23-17(4)19-6-8-29(31)33-27(19)13-25(21)23/h14-29,32-33H,5-13H2,1-4H3. The molecule has 2 aliphatic heterocycles. The second kappa shape index (κ2) is 9.32. The molecule has 6 aliphatic rings. The summed E-state index contributed by atoms with van der Waals surface area (Å²) in [4.78, 5) is 1.10. The number of halogens is 2. The van der Waals surface area contributed by atoms with E-state index in [0.717, 1.165) is 83.1 Å². The molecule has 4 heteroatoms. The van der Waals surface area contributed by atoms with Gasteiger partial charge in [-0.2, -0.15) is 0 Å². The van der Waals surface area contributed by atoms with Gasteiger partial charge in [0.25, 0.3) is 0 Å². The third kappa shape index (κ3) is 4.15. The SMILES string of the molecule is CC1CC2C(C)C3CCC(Br)NC3CC2C1CC1C(C)CC2C(C)C3CCC(Br)NC3CC12. The highest BCUT2D eigenvalue weighted by Gasteiger charge is 2.55. The highest BCUT2D eigenvalue weighted by molar-refractivity contribution is 9.09. The molecule has 0 radical (unpaired) electrons. The number of fused-ring (bicyclic) bond motifs is 4. The summed E-state index contributed by atoms with van der Waals surface area (Å²) in [5, 5.41) is 7.98. The Morgan fingerprint density at radius 2 is 0.970 bits per heavy atom. The number of rotatable bonds is 2. The van der Waals surface area contributed by atoms with E-state index >= 15 is 0 Å². The fourth-order valence-corrected chi connectivity index (χ4v) is 12.2. The summed E-state index contributed by atoms with van der Waals surface area (Å²) in [7, 11) is 0. The van der Waals surface area contributed by atoms with Gasteiger partial charge in [0.2, 0.25) is 0 Å². The summed E-state index contributed by atoms with van der Waals surface area (Å²) in [6.45, 7) is 10.5. The number of alkyl halides is 2. The molecular formula is C29H48Br2N2. The minimum Gasteiger partial charge on any atom is -0.302 e. The van der Waals surface area contributed by atoms with Gasteiger partial charge in [-0.3, -0.25) is 0 Å². The number of hydrogen-bond donors (Lipinski definition) is 2. The van der Waals surface area contributed by atoms with Gasteiger partial charge in [0.05, 0.1) is 9.90 Å². The maximum atomic E-state index is 3.99. The van der Waals surface area contributed by atoms with Gasteiger partial charge >= 0.3 is 0 Å². The zero-order valence-corrected chi connectivity index (χ0v) is 24.5. The van der Waals surface area contributed by atoms with Crippen LogP contribution in [0.5, 0.6) is 0 Å². The molecule has 188 valence electrons. The molecule has 0 spiro atoms. The minimum absolute atomic E-state index is 0.549. The van der Waals surface area contributed by atoms with Crippen molar-refractivity contribution in [2.24, 2.45) is 71.0 Å². The molecule has 33 heavy (non-hydrogen) atoms. The number of piperidine rings is 2. The van der Waals surface area contributed by atoms with Crippen molar-refractivity contribution in [3.63, 3.8) is 0 Å². The van der Waals surface area contributed by atoms with Crippen LogP contribution in [0.25, 0.3) is 0 Å². The van der Waals surface area contributed by atoms with Gasteiger partial charge in [-0.25, -0.2) is 0 Å². The molecule has 6 rings (SSSR count). The van der Waals surface area contributed by atoms with Crippen LogP contribution in [-0.2, 0) is 0 Å². The van der Waals surface area contributed by atoms with Crippen LogP contribution in [0, 0.1) is 71.0 Å². The van der Waals surface area contributed by atoms with Crippen molar-refractivity contribution in [1.82, 2.24) is 10.6 Å². The normalized spacial score (nSPS) is 60.5. The van der Waals surface area contributed by atoms with Crippen LogP contribution in [0.1, 0.15) is 85.5 Å². The van der Waals surface area contributed by atoms with Gasteiger partial charge in [-0.1, -0.05) is 59.6 Å². The summed E-state index contributed by atoms with van der Waals surface area (Å²) in [5.74, 6) is 11.4. The monoisotopic (exact) mass is 582 g/mol. The van der Waals surface area contributed by atoms with E-state index in [4.69, 9.17) is 0 Å². The average Bonchev–Trinajstić information content (AvgIpc) is 3.25. The smallest absolute Gasteiger partial charge is 0.0632 e. The van der Waals surface area contributed by atoms with Crippen molar-refractivity contribution in [3.05, 3.63) is 0 Å². The Hall–Kier alpha value is 0.880. The highest BCUT2D eigenvalue weighted by atomic mass is 79.9. The third-order valence-electron chi connectivity index (χ3n) is 12.6. The summed E-state index contributed by atoms with van der Waals surface area (Å²) in [6.07, 6.45) is 13.0. The predicted molar refractivity (Wildman–Crippen MR) is 145 cm³/mol. The molecule has 16 atom stereocenters. The van der Waals surface area contributed by atoms with E-state index in [-0.39, 0.29) is 0 Å². The van der Waals surface area contributed by atoms with E-state index in [0.29, 0.717) is 9.90 Å². The van der Waals surface area contributed by atoms with Crippen LogP contribution in [0.2, 0.25) is 0 Å². The number of nitrogens with one attached hydrogen (secondary N) is 2. The van der Waals surface area contributed by atoms with Crippen molar-refractivity contribution < 1.29 is 0 Å². The Labute approximate surface area is 220 Å². The maximum absolute atomic E-state index is 3.99. The zero-order valence-electron chi connectivity index (χ0n) is 21.4. The quantitative estimate of drug-likeness (QED) is 0.261. The van der Waals surface area contributed by atoms with Crippen LogP contribution in [0.3, 0.4) is 0 Å². The molecule has 2 heterocycles. The van der Waals surface area contributed by atoms with Crippen LogP contribution < -0.4 is 10.6 Å². The summed E-state index contributed by atoms with van der Waals surface area (Å²) >= 11 is 7.81. The lowest BCUT2D eigenvalue weighted by molar-refractivity contribution is 0.0240. The molecule has 2 N–H and O–H groups in total. The Bertz CT molecular complexity index is 654. The van der Waals surface area contributed by atoms with Crippen LogP contribution in [0.15, 0.2) is 0 Å². The first-order chi connectivity index (χ1) is 15.8. The van der Waals surface area contributed by atoms with E-state index in [2.05, 4.69) is 70.2 Å². The molecule has 6 fully saturated rings. The van der Waals surface area contributed by atoms with Crippen molar-refractivity contribution >= 4 is 31.9 Å². The lowest BCUT2D eigenvalue weighted by Gasteiger charge is -2.50. The molecule has 0 amide bonds. The van der Waals surface area contributed by atoms with Gasteiger partial charge in [0.1, 0.15) is 0 Å². The van der Waals surface area contributed by atoms with Crippen LogP contribution in [0.4, 0.5) is 0 Å². The predicted octanol–water partition coefficient (Wildman–Crippen LogP) is 7.41. The second-order valence-corrected chi connectivity index (χ2v) is 16.0. The van der Waals surface area contributed by atoms with Gasteiger partial charge in [0.15, 0.2) is 0 Å². The van der Waals surface area contributed by atoms with E-state index in [1.165, 1.54) is 57.8 Å². The van der Waals surface area contributed by atoms with Crippen molar-refractivity contribution in [2.75, 3.05) is 0 Å². The Kier molecular flexibility index (Phi) is 6.84. The fourth-order valence-electron chi connectivity index (χ4n) is 11.0. The molecule has 0 aromatic heterocycles. The van der Waals surface area contributed by atoms with E-state index in [1.54, 1.807) is 0 Å². The zero-order chi connectivity index (χ0) is 23.0. The van der Waals surface area contributed by atoms with Crippen molar-refractivity contribution in [2.45, 2.75) is 107 Å². The molecule has 0 aromatic carbocycles. The molecule has 2 nitrogen and oxygen atoms in total. The first-order valence-electron chi connectivity index (χ1n) is 14.6. The Morgan fingerprint density at radius 3 is 1.39 bits per heavy atom. The van der Waals surface area contributed by atoms with Crippen LogP contribution >= 0.6 is 31.9 Å². The Morgan fingerprint density at radius 1 is 0.545 bits per heavy atom. The van der Waals surface area contributed by atoms with Crippen LogP contribution in [-0.4, -0.2) is 22.0 Å². The summed E-state index contributed by atoms with van der Waals surface area (Å²) in [6, 6.07) is 1.53. The lowest BCUT2D eigenvalue weighted by Crippen LogP contribution is -2.54.